The van der Waals surface area contributed by atoms with E-state index in [9.17, 15) is 19.4 Å². The number of benzene rings is 4. The Bertz CT molecular complexity index is 1200. The monoisotopic (exact) mass is 368 g/mol. The minimum atomic E-state index is -3.73. The van der Waals surface area contributed by atoms with Crippen LogP contribution in [0.3, 0.4) is 0 Å². The van der Waals surface area contributed by atoms with Crippen LogP contribution < -0.4 is 0 Å². The summed E-state index contributed by atoms with van der Waals surface area (Å²) in [6.07, 6.45) is -0.0825. The smallest absolute Gasteiger partial charge is 0.336 e. The van der Waals surface area contributed by atoms with E-state index in [4.69, 9.17) is 4.52 Å². The van der Waals surface area contributed by atoms with Crippen molar-refractivity contribution in [2.24, 2.45) is 0 Å². The molecule has 6 heteroatoms. The lowest BCUT2D eigenvalue weighted by atomic mass is 9.90. The molecule has 2 N–H and O–H groups in total. The number of carbonyl (C=O) groups is 1. The van der Waals surface area contributed by atoms with E-state index in [1.807, 2.05) is 30.3 Å². The Morgan fingerprint density at radius 3 is 2.50 bits per heavy atom. The van der Waals surface area contributed by atoms with Crippen LogP contribution in [0.1, 0.15) is 22.8 Å². The van der Waals surface area contributed by atoms with E-state index < -0.39 is 13.6 Å². The summed E-state index contributed by atoms with van der Waals surface area (Å²) in [5.41, 5.74) is 0.970. The number of carboxylic acids is 1. The zero-order valence-electron chi connectivity index (χ0n) is 14.1. The highest BCUT2D eigenvalue weighted by Gasteiger charge is 2.22. The highest BCUT2D eigenvalue weighted by atomic mass is 31.2. The molecule has 0 aliphatic carbocycles. The van der Waals surface area contributed by atoms with Crippen molar-refractivity contribution >= 4 is 45.9 Å². The Balaban J connectivity index is 2.07. The Labute approximate surface area is 149 Å². The minimum absolute atomic E-state index is 0.0825. The van der Waals surface area contributed by atoms with Crippen LogP contribution in [0.4, 0.5) is 0 Å². The molecule has 4 rings (SSSR count). The van der Waals surface area contributed by atoms with Crippen molar-refractivity contribution in [3.8, 4) is 0 Å². The number of hydrogen-bond acceptors (Lipinski definition) is 3. The van der Waals surface area contributed by atoms with Gasteiger partial charge in [0.05, 0.1) is 18.3 Å². The third-order valence-corrected chi connectivity index (χ3v) is 6.07. The third-order valence-electron chi connectivity index (χ3n) is 4.67. The van der Waals surface area contributed by atoms with Crippen molar-refractivity contribution < 1.29 is 23.9 Å². The Hall–Kier alpha value is -2.46. The first-order chi connectivity index (χ1) is 12.4. The molecule has 4 aromatic carbocycles. The molecule has 1 atom stereocenters. The lowest BCUT2D eigenvalue weighted by molar-refractivity contribution is 0.0699. The summed E-state index contributed by atoms with van der Waals surface area (Å²) >= 11 is 0. The second-order valence-corrected chi connectivity index (χ2v) is 8.13. The van der Waals surface area contributed by atoms with E-state index in [0.29, 0.717) is 10.9 Å². The molecule has 0 saturated carbocycles. The predicted octanol–water partition coefficient (Wildman–Crippen LogP) is 5.00. The van der Waals surface area contributed by atoms with E-state index in [1.54, 1.807) is 25.1 Å². The largest absolute Gasteiger partial charge is 0.478 e. The van der Waals surface area contributed by atoms with Gasteiger partial charge in [0.25, 0.3) is 0 Å². The fourth-order valence-corrected chi connectivity index (χ4v) is 4.87. The van der Waals surface area contributed by atoms with Crippen molar-refractivity contribution in [1.82, 2.24) is 0 Å². The highest BCUT2D eigenvalue weighted by Crippen LogP contribution is 2.48. The van der Waals surface area contributed by atoms with Crippen molar-refractivity contribution in [3.63, 3.8) is 0 Å². The fraction of sp³-hybridized carbons (Fsp3) is 0.150. The molecule has 26 heavy (non-hydrogen) atoms. The first kappa shape index (κ1) is 17.0. The SMILES string of the molecule is CCOP(=O)(O)Cc1ccc2cc(C(=O)O)c3cccc4ccc1c2c43. The second-order valence-electron chi connectivity index (χ2n) is 6.28. The van der Waals surface area contributed by atoms with Gasteiger partial charge in [0.2, 0.25) is 0 Å². The van der Waals surface area contributed by atoms with Crippen LogP contribution in [0.5, 0.6) is 0 Å². The van der Waals surface area contributed by atoms with E-state index in [1.165, 1.54) is 0 Å². The summed E-state index contributed by atoms with van der Waals surface area (Å²) in [5.74, 6) is -0.972. The van der Waals surface area contributed by atoms with Crippen LogP contribution in [0, 0.1) is 0 Å². The van der Waals surface area contributed by atoms with E-state index in [-0.39, 0.29) is 18.3 Å². The van der Waals surface area contributed by atoms with Gasteiger partial charge in [-0.2, -0.15) is 0 Å². The molecular weight excluding hydrogens is 351 g/mol. The molecule has 0 spiro atoms. The normalized spacial score (nSPS) is 14.2. The Morgan fingerprint density at radius 2 is 1.77 bits per heavy atom. The zero-order valence-corrected chi connectivity index (χ0v) is 15.0. The molecule has 4 aromatic rings. The molecule has 132 valence electrons. The lowest BCUT2D eigenvalue weighted by Gasteiger charge is -2.17. The van der Waals surface area contributed by atoms with E-state index >= 15 is 0 Å². The average Bonchev–Trinajstić information content (AvgIpc) is 2.60. The van der Waals surface area contributed by atoms with E-state index in [0.717, 1.165) is 26.9 Å². The summed E-state index contributed by atoms with van der Waals surface area (Å²) in [6.45, 7) is 1.85. The van der Waals surface area contributed by atoms with Crippen molar-refractivity contribution in [1.29, 1.82) is 0 Å². The van der Waals surface area contributed by atoms with Gasteiger partial charge in [0.1, 0.15) is 0 Å². The van der Waals surface area contributed by atoms with Gasteiger partial charge >= 0.3 is 13.6 Å². The van der Waals surface area contributed by atoms with Gasteiger partial charge < -0.3 is 14.5 Å². The van der Waals surface area contributed by atoms with Crippen LogP contribution in [0.15, 0.2) is 48.5 Å². The maximum Gasteiger partial charge on any atom is 0.336 e. The van der Waals surface area contributed by atoms with Crippen LogP contribution in [-0.4, -0.2) is 22.6 Å². The maximum atomic E-state index is 12.2. The van der Waals surface area contributed by atoms with Gasteiger partial charge in [-0.3, -0.25) is 4.57 Å². The van der Waals surface area contributed by atoms with E-state index in [2.05, 4.69) is 0 Å². The second kappa shape index (κ2) is 6.06. The lowest BCUT2D eigenvalue weighted by Crippen LogP contribution is -2.00. The van der Waals surface area contributed by atoms with Gasteiger partial charge in [-0.05, 0) is 50.9 Å². The molecule has 0 heterocycles. The summed E-state index contributed by atoms with van der Waals surface area (Å²) in [5, 5.41) is 14.6. The number of carboxylic acid groups (broad SMARTS) is 1. The molecule has 0 radical (unpaired) electrons. The molecule has 0 aliphatic heterocycles. The zero-order chi connectivity index (χ0) is 18.5. The average molecular weight is 368 g/mol. The summed E-state index contributed by atoms with van der Waals surface area (Å²) < 4.78 is 17.2. The first-order valence-corrected chi connectivity index (χ1v) is 10.1. The standard InChI is InChI=1S/C20H17O5P/c1-2-25-26(23,24)11-14-7-6-13-10-17(20(21)22)16-5-3-4-12-8-9-15(14)19(13)18(12)16/h3-10H,2,11H2,1H3,(H,21,22)(H,23,24). The highest BCUT2D eigenvalue weighted by molar-refractivity contribution is 7.52. The first-order valence-electron chi connectivity index (χ1n) is 8.30. The maximum absolute atomic E-state index is 12.2. The van der Waals surface area contributed by atoms with Gasteiger partial charge in [-0.1, -0.05) is 42.5 Å². The fourth-order valence-electron chi connectivity index (χ4n) is 3.67. The molecule has 0 aromatic heterocycles. The third kappa shape index (κ3) is 2.65. The van der Waals surface area contributed by atoms with Crippen LogP contribution in [-0.2, 0) is 15.3 Å². The van der Waals surface area contributed by atoms with Crippen LogP contribution in [0.25, 0.3) is 32.3 Å². The topological polar surface area (TPSA) is 83.8 Å². The number of aromatic carboxylic acids is 1. The predicted molar refractivity (Wildman–Crippen MR) is 102 cm³/mol. The molecule has 0 fully saturated rings. The molecule has 0 bridgehead atoms. The number of rotatable bonds is 5. The molecule has 0 amide bonds. The molecular formula is C20H17O5P. The summed E-state index contributed by atoms with van der Waals surface area (Å²) in [4.78, 5) is 21.7. The van der Waals surface area contributed by atoms with Crippen molar-refractivity contribution in [2.45, 2.75) is 13.1 Å². The van der Waals surface area contributed by atoms with Crippen LogP contribution in [0.2, 0.25) is 0 Å². The molecule has 0 aliphatic rings. The van der Waals surface area contributed by atoms with Gasteiger partial charge in [0.15, 0.2) is 0 Å². The summed E-state index contributed by atoms with van der Waals surface area (Å²) in [6, 6.07) is 14.7. The van der Waals surface area contributed by atoms with Crippen molar-refractivity contribution in [3.05, 3.63) is 59.7 Å². The molecule has 5 nitrogen and oxygen atoms in total. The molecule has 1 unspecified atom stereocenters. The van der Waals surface area contributed by atoms with Crippen molar-refractivity contribution in [2.75, 3.05) is 6.61 Å². The quantitative estimate of drug-likeness (QED) is 0.382. The number of hydrogen-bond donors (Lipinski definition) is 2. The van der Waals surface area contributed by atoms with Gasteiger partial charge in [0, 0.05) is 0 Å². The van der Waals surface area contributed by atoms with Gasteiger partial charge in [-0.25, -0.2) is 4.79 Å². The van der Waals surface area contributed by atoms with Crippen LogP contribution >= 0.6 is 7.60 Å². The molecule has 0 saturated heterocycles. The van der Waals surface area contributed by atoms with Gasteiger partial charge in [-0.15, -0.1) is 0 Å². The minimum Gasteiger partial charge on any atom is -0.478 e. The Morgan fingerprint density at radius 1 is 1.04 bits per heavy atom. The Kier molecular flexibility index (Phi) is 3.96. The summed E-state index contributed by atoms with van der Waals surface area (Å²) in [7, 11) is -3.73.